The number of aromatic nitrogens is 2. The Morgan fingerprint density at radius 1 is 0.963 bits per heavy atom. The molecule has 0 aliphatic heterocycles. The SMILES string of the molecule is O=C(NNC(=O)c1cc2c(s1)CCC2)c1cccc(Nc2ncccn2)c1. The van der Waals surface area contributed by atoms with Gasteiger partial charge in [-0.2, -0.15) is 0 Å². The highest BCUT2D eigenvalue weighted by molar-refractivity contribution is 7.14. The minimum atomic E-state index is -0.398. The molecule has 1 aliphatic carbocycles. The molecular weight excluding hydrogens is 362 g/mol. The van der Waals surface area contributed by atoms with Crippen molar-refractivity contribution in [2.24, 2.45) is 0 Å². The average molecular weight is 379 g/mol. The van der Waals surface area contributed by atoms with E-state index in [0.29, 0.717) is 22.1 Å². The van der Waals surface area contributed by atoms with Gasteiger partial charge < -0.3 is 5.32 Å². The van der Waals surface area contributed by atoms with Gasteiger partial charge in [0.2, 0.25) is 5.95 Å². The lowest BCUT2D eigenvalue weighted by Gasteiger charge is -2.08. The Hall–Kier alpha value is -3.26. The molecule has 0 radical (unpaired) electrons. The third-order valence-corrected chi connectivity index (χ3v) is 5.44. The predicted octanol–water partition coefficient (Wildman–Crippen LogP) is 2.85. The van der Waals surface area contributed by atoms with Crippen molar-refractivity contribution in [3.8, 4) is 0 Å². The highest BCUT2D eigenvalue weighted by Crippen LogP contribution is 2.30. The summed E-state index contributed by atoms with van der Waals surface area (Å²) in [6.07, 6.45) is 6.46. The van der Waals surface area contributed by atoms with Crippen molar-refractivity contribution in [3.63, 3.8) is 0 Å². The maximum absolute atomic E-state index is 12.3. The van der Waals surface area contributed by atoms with E-state index in [0.717, 1.165) is 19.3 Å². The highest BCUT2D eigenvalue weighted by atomic mass is 32.1. The molecule has 3 N–H and O–H groups in total. The fourth-order valence-corrected chi connectivity index (χ4v) is 4.07. The first kappa shape index (κ1) is 17.2. The number of nitrogens with zero attached hydrogens (tertiary/aromatic N) is 2. The van der Waals surface area contributed by atoms with Crippen molar-refractivity contribution in [3.05, 3.63) is 69.7 Å². The van der Waals surface area contributed by atoms with E-state index in [1.165, 1.54) is 21.8 Å². The monoisotopic (exact) mass is 379 g/mol. The maximum atomic E-state index is 12.3. The standard InChI is InChI=1S/C19H17N5O2S/c25-17(23-24-18(26)16-11-12-4-2-7-15(12)27-16)13-5-1-6-14(10-13)22-19-20-8-3-9-21-19/h1,3,5-6,8-11H,2,4,7H2,(H,23,25)(H,24,26)(H,20,21,22). The summed E-state index contributed by atoms with van der Waals surface area (Å²) in [5, 5.41) is 3.02. The Morgan fingerprint density at radius 2 is 1.78 bits per heavy atom. The number of hydrazine groups is 1. The average Bonchev–Trinajstić information content (AvgIpc) is 3.29. The molecule has 0 spiro atoms. The Labute approximate surface area is 159 Å². The number of benzene rings is 1. The molecule has 136 valence electrons. The van der Waals surface area contributed by atoms with E-state index in [1.54, 1.807) is 42.7 Å². The number of fused-ring (bicyclic) bond motifs is 1. The third kappa shape index (κ3) is 3.95. The van der Waals surface area contributed by atoms with Crippen LogP contribution in [-0.4, -0.2) is 21.8 Å². The smallest absolute Gasteiger partial charge is 0.279 e. The summed E-state index contributed by atoms with van der Waals surface area (Å²) in [5.41, 5.74) is 7.28. The van der Waals surface area contributed by atoms with Crippen molar-refractivity contribution in [1.29, 1.82) is 0 Å². The van der Waals surface area contributed by atoms with Crippen LogP contribution in [0.3, 0.4) is 0 Å². The Balaban J connectivity index is 1.37. The highest BCUT2D eigenvalue weighted by Gasteiger charge is 2.19. The molecule has 4 rings (SSSR count). The second-order valence-corrected chi connectivity index (χ2v) is 7.24. The van der Waals surface area contributed by atoms with Crippen LogP contribution in [0.4, 0.5) is 11.6 Å². The minimum Gasteiger partial charge on any atom is -0.324 e. The molecule has 0 bridgehead atoms. The molecule has 2 amide bonds. The van der Waals surface area contributed by atoms with E-state index in [1.807, 2.05) is 6.07 Å². The van der Waals surface area contributed by atoms with Crippen molar-refractivity contribution in [2.45, 2.75) is 19.3 Å². The lowest BCUT2D eigenvalue weighted by atomic mass is 10.2. The first-order valence-corrected chi connectivity index (χ1v) is 9.37. The second kappa shape index (κ2) is 7.55. The summed E-state index contributed by atoms with van der Waals surface area (Å²) in [4.78, 5) is 34.7. The van der Waals surface area contributed by atoms with Crippen LogP contribution >= 0.6 is 11.3 Å². The molecule has 1 aromatic carbocycles. The Kier molecular flexibility index (Phi) is 4.80. The van der Waals surface area contributed by atoms with Gasteiger partial charge in [0, 0.05) is 28.5 Å². The summed E-state index contributed by atoms with van der Waals surface area (Å²) in [5.74, 6) is -0.256. The van der Waals surface area contributed by atoms with Gasteiger partial charge in [0.15, 0.2) is 0 Å². The molecule has 2 heterocycles. The van der Waals surface area contributed by atoms with E-state index in [-0.39, 0.29) is 5.91 Å². The zero-order valence-corrected chi connectivity index (χ0v) is 15.2. The number of carbonyl (C=O) groups is 2. The van der Waals surface area contributed by atoms with Gasteiger partial charge in [-0.25, -0.2) is 9.97 Å². The van der Waals surface area contributed by atoms with E-state index >= 15 is 0 Å². The maximum Gasteiger partial charge on any atom is 0.279 e. The van der Waals surface area contributed by atoms with Crippen molar-refractivity contribution in [1.82, 2.24) is 20.8 Å². The van der Waals surface area contributed by atoms with E-state index in [4.69, 9.17) is 0 Å². The van der Waals surface area contributed by atoms with Crippen LogP contribution in [0.15, 0.2) is 48.8 Å². The van der Waals surface area contributed by atoms with Crippen LogP contribution in [0.5, 0.6) is 0 Å². The van der Waals surface area contributed by atoms with Gasteiger partial charge in [-0.3, -0.25) is 20.4 Å². The number of amides is 2. The normalized spacial score (nSPS) is 12.3. The van der Waals surface area contributed by atoms with E-state index in [9.17, 15) is 9.59 Å². The minimum absolute atomic E-state index is 0.297. The molecule has 0 fully saturated rings. The number of thiophene rings is 1. The molecular formula is C19H17N5O2S. The number of hydrogen-bond donors (Lipinski definition) is 3. The van der Waals surface area contributed by atoms with Crippen LogP contribution in [-0.2, 0) is 12.8 Å². The Morgan fingerprint density at radius 3 is 2.59 bits per heavy atom. The number of rotatable bonds is 4. The van der Waals surface area contributed by atoms with Crippen LogP contribution in [0.1, 0.15) is 36.9 Å². The summed E-state index contributed by atoms with van der Waals surface area (Å²) in [7, 11) is 0. The molecule has 0 saturated carbocycles. The zero-order chi connectivity index (χ0) is 18.6. The Bertz CT molecular complexity index is 965. The van der Waals surface area contributed by atoms with Crippen molar-refractivity contribution in [2.75, 3.05) is 5.32 Å². The largest absolute Gasteiger partial charge is 0.324 e. The first-order chi connectivity index (χ1) is 13.2. The molecule has 0 unspecified atom stereocenters. The molecule has 1 aliphatic rings. The molecule has 7 nitrogen and oxygen atoms in total. The molecule has 2 aromatic heterocycles. The van der Waals surface area contributed by atoms with Gasteiger partial charge in [-0.1, -0.05) is 6.07 Å². The first-order valence-electron chi connectivity index (χ1n) is 8.55. The van der Waals surface area contributed by atoms with Gasteiger partial charge in [0.05, 0.1) is 4.88 Å². The summed E-state index contributed by atoms with van der Waals surface area (Å²) >= 11 is 1.49. The number of carbonyl (C=O) groups excluding carboxylic acids is 2. The molecule has 8 heteroatoms. The summed E-state index contributed by atoms with van der Waals surface area (Å²) in [6, 6.07) is 10.5. The molecule has 27 heavy (non-hydrogen) atoms. The van der Waals surface area contributed by atoms with Crippen LogP contribution in [0.25, 0.3) is 0 Å². The van der Waals surface area contributed by atoms with Crippen LogP contribution in [0, 0.1) is 0 Å². The van der Waals surface area contributed by atoms with Gasteiger partial charge in [-0.05, 0) is 55.2 Å². The topological polar surface area (TPSA) is 96.0 Å². The van der Waals surface area contributed by atoms with Gasteiger partial charge in [0.1, 0.15) is 0 Å². The molecule has 0 atom stereocenters. The summed E-state index contributed by atoms with van der Waals surface area (Å²) in [6.45, 7) is 0. The van der Waals surface area contributed by atoms with Gasteiger partial charge in [0.25, 0.3) is 11.8 Å². The fourth-order valence-electron chi connectivity index (χ4n) is 2.92. The van der Waals surface area contributed by atoms with Crippen molar-refractivity contribution >= 4 is 34.8 Å². The number of hydrogen-bond acceptors (Lipinski definition) is 6. The third-order valence-electron chi connectivity index (χ3n) is 4.21. The fraction of sp³-hybridized carbons (Fsp3) is 0.158. The van der Waals surface area contributed by atoms with E-state index in [2.05, 4.69) is 26.1 Å². The lowest BCUT2D eigenvalue weighted by molar-refractivity contribution is 0.0849. The van der Waals surface area contributed by atoms with E-state index < -0.39 is 5.91 Å². The van der Waals surface area contributed by atoms with Crippen LogP contribution < -0.4 is 16.2 Å². The number of aryl methyl sites for hydroxylation is 2. The van der Waals surface area contributed by atoms with Crippen LogP contribution in [0.2, 0.25) is 0 Å². The molecule has 0 saturated heterocycles. The summed E-state index contributed by atoms with van der Waals surface area (Å²) < 4.78 is 0. The predicted molar refractivity (Wildman–Crippen MR) is 103 cm³/mol. The second-order valence-electron chi connectivity index (χ2n) is 6.10. The number of anilines is 2. The van der Waals surface area contributed by atoms with Crippen molar-refractivity contribution < 1.29 is 9.59 Å². The van der Waals surface area contributed by atoms with Gasteiger partial charge >= 0.3 is 0 Å². The lowest BCUT2D eigenvalue weighted by Crippen LogP contribution is -2.41. The quantitative estimate of drug-likeness (QED) is 0.606. The number of nitrogens with one attached hydrogen (secondary N) is 3. The van der Waals surface area contributed by atoms with Gasteiger partial charge in [-0.15, -0.1) is 11.3 Å². The molecule has 3 aromatic rings. The zero-order valence-electron chi connectivity index (χ0n) is 14.4.